The van der Waals surface area contributed by atoms with Crippen molar-refractivity contribution in [2.75, 3.05) is 5.32 Å². The maximum Gasteiger partial charge on any atom is 0.311 e. The Labute approximate surface area is 206 Å². The van der Waals surface area contributed by atoms with Crippen LogP contribution in [0.4, 0.5) is 17.2 Å². The Morgan fingerprint density at radius 1 is 1.06 bits per heavy atom. The number of aromatic nitrogens is 3. The number of halogens is 1. The molecule has 1 aliphatic heterocycles. The van der Waals surface area contributed by atoms with Gasteiger partial charge in [0, 0.05) is 29.0 Å². The van der Waals surface area contributed by atoms with Crippen molar-refractivity contribution in [2.45, 2.75) is 19.9 Å². The standard InChI is InChI=1S/C26H21ClN6O2/c1-16(2)29-21-15-25-22(14-20(21)31-26-24(33(34)35)8-5-13-28-26)30-19-6-3-4-7-23(19)32(25)18-11-9-17(27)10-12-18/h3-16H,1-2H3,(H,28,31)/b29-21+. The van der Waals surface area contributed by atoms with Crippen LogP contribution in [0.15, 0.2) is 84.0 Å². The van der Waals surface area contributed by atoms with Gasteiger partial charge in [-0.3, -0.25) is 15.1 Å². The van der Waals surface area contributed by atoms with Crippen LogP contribution in [0.2, 0.25) is 5.02 Å². The first-order valence-corrected chi connectivity index (χ1v) is 11.4. The summed E-state index contributed by atoms with van der Waals surface area (Å²) in [6.45, 7) is 3.95. The van der Waals surface area contributed by atoms with Gasteiger partial charge in [-0.2, -0.15) is 0 Å². The second kappa shape index (κ2) is 9.15. The maximum absolute atomic E-state index is 11.5. The van der Waals surface area contributed by atoms with Gasteiger partial charge < -0.3 is 9.88 Å². The summed E-state index contributed by atoms with van der Waals surface area (Å²) in [5, 5.41) is 16.0. The molecule has 0 atom stereocenters. The Hall–Kier alpha value is -4.30. The summed E-state index contributed by atoms with van der Waals surface area (Å²) in [6, 6.07) is 22.2. The van der Waals surface area contributed by atoms with Crippen molar-refractivity contribution in [1.29, 1.82) is 0 Å². The van der Waals surface area contributed by atoms with Gasteiger partial charge in [-0.25, -0.2) is 9.97 Å². The lowest BCUT2D eigenvalue weighted by Crippen LogP contribution is -2.17. The molecule has 35 heavy (non-hydrogen) atoms. The number of nitrogens with zero attached hydrogens (tertiary/aromatic N) is 5. The van der Waals surface area contributed by atoms with Crippen LogP contribution in [0.3, 0.4) is 0 Å². The minimum Gasteiger partial charge on any atom is -0.333 e. The van der Waals surface area contributed by atoms with E-state index in [-0.39, 0.29) is 17.5 Å². The highest BCUT2D eigenvalue weighted by molar-refractivity contribution is 6.30. The second-order valence-electron chi connectivity index (χ2n) is 8.25. The molecule has 0 spiro atoms. The van der Waals surface area contributed by atoms with Gasteiger partial charge in [-0.15, -0.1) is 0 Å². The van der Waals surface area contributed by atoms with E-state index < -0.39 is 4.92 Å². The first-order chi connectivity index (χ1) is 16.9. The van der Waals surface area contributed by atoms with Crippen LogP contribution in [0, 0.1) is 10.1 Å². The number of pyridine rings is 1. The van der Waals surface area contributed by atoms with Gasteiger partial charge in [0.1, 0.15) is 0 Å². The van der Waals surface area contributed by atoms with Crippen LogP contribution in [0.25, 0.3) is 28.1 Å². The van der Waals surface area contributed by atoms with Crippen LogP contribution in [-0.2, 0) is 0 Å². The van der Waals surface area contributed by atoms with Crippen LogP contribution in [-0.4, -0.2) is 25.5 Å². The Morgan fingerprint density at radius 3 is 2.57 bits per heavy atom. The quantitative estimate of drug-likeness (QED) is 0.183. The largest absolute Gasteiger partial charge is 0.333 e. The molecule has 1 aromatic heterocycles. The fourth-order valence-corrected chi connectivity index (χ4v) is 4.09. The Morgan fingerprint density at radius 2 is 1.83 bits per heavy atom. The number of hydrogen-bond donors (Lipinski definition) is 1. The molecule has 5 rings (SSSR count). The summed E-state index contributed by atoms with van der Waals surface area (Å²) >= 11 is 6.15. The first-order valence-electron chi connectivity index (χ1n) is 11.0. The van der Waals surface area contributed by atoms with Crippen molar-refractivity contribution in [3.05, 3.63) is 99.5 Å². The summed E-state index contributed by atoms with van der Waals surface area (Å²) in [6.07, 6.45) is 1.51. The Kier molecular flexibility index (Phi) is 5.88. The summed E-state index contributed by atoms with van der Waals surface area (Å²) < 4.78 is 2.11. The molecular formula is C26H21ClN6O2. The number of rotatable bonds is 5. The van der Waals surface area contributed by atoms with E-state index in [1.807, 2.05) is 74.5 Å². The van der Waals surface area contributed by atoms with Gasteiger partial charge in [0.2, 0.25) is 5.82 Å². The predicted octanol–water partition coefficient (Wildman–Crippen LogP) is 6.14. The van der Waals surface area contributed by atoms with Crippen molar-refractivity contribution in [3.8, 4) is 17.1 Å². The zero-order valence-corrected chi connectivity index (χ0v) is 19.8. The molecule has 0 radical (unpaired) electrons. The highest BCUT2D eigenvalue weighted by atomic mass is 35.5. The number of nitro groups is 1. The smallest absolute Gasteiger partial charge is 0.311 e. The normalized spacial score (nSPS) is 11.9. The van der Waals surface area contributed by atoms with E-state index in [0.29, 0.717) is 21.8 Å². The van der Waals surface area contributed by atoms with Crippen LogP contribution in [0.1, 0.15) is 13.8 Å². The number of nitrogens with one attached hydrogen (secondary N) is 1. The summed E-state index contributed by atoms with van der Waals surface area (Å²) in [4.78, 5) is 24.9. The highest BCUT2D eigenvalue weighted by Crippen LogP contribution is 2.31. The summed E-state index contributed by atoms with van der Waals surface area (Å²) in [5.74, 6) is 0.142. The molecule has 2 aromatic carbocycles. The van der Waals surface area contributed by atoms with E-state index >= 15 is 0 Å². The van der Waals surface area contributed by atoms with Crippen molar-refractivity contribution in [3.63, 3.8) is 0 Å². The molecule has 9 heteroatoms. The molecule has 2 heterocycles. The average Bonchev–Trinajstić information content (AvgIpc) is 2.84. The minimum absolute atomic E-state index is 0.0101. The molecule has 0 unspecified atom stereocenters. The molecule has 174 valence electrons. The molecule has 8 nitrogen and oxygen atoms in total. The predicted molar refractivity (Wildman–Crippen MR) is 138 cm³/mol. The molecular weight excluding hydrogens is 464 g/mol. The van der Waals surface area contributed by atoms with E-state index in [1.165, 1.54) is 18.3 Å². The number of benzene rings is 3. The third-order valence-electron chi connectivity index (χ3n) is 5.42. The lowest BCUT2D eigenvalue weighted by Gasteiger charge is -2.20. The molecule has 1 aliphatic carbocycles. The Bertz CT molecular complexity index is 1590. The number of para-hydroxylation sites is 2. The lowest BCUT2D eigenvalue weighted by molar-refractivity contribution is -0.384. The van der Waals surface area contributed by atoms with E-state index in [4.69, 9.17) is 21.6 Å². The van der Waals surface area contributed by atoms with E-state index in [9.17, 15) is 10.1 Å². The third-order valence-corrected chi connectivity index (χ3v) is 5.67. The van der Waals surface area contributed by atoms with E-state index in [1.54, 1.807) is 0 Å². The fourth-order valence-electron chi connectivity index (χ4n) is 3.96. The van der Waals surface area contributed by atoms with Gasteiger partial charge >= 0.3 is 5.69 Å². The molecule has 0 saturated carbocycles. The maximum atomic E-state index is 11.5. The van der Waals surface area contributed by atoms with Gasteiger partial charge in [0.25, 0.3) is 0 Å². The topological polar surface area (TPSA) is 98.2 Å². The van der Waals surface area contributed by atoms with Crippen LogP contribution in [0.5, 0.6) is 0 Å². The first kappa shape index (κ1) is 22.5. The average molecular weight is 485 g/mol. The molecule has 0 fully saturated rings. The monoisotopic (exact) mass is 484 g/mol. The Balaban J connectivity index is 1.81. The molecule has 3 aromatic rings. The third kappa shape index (κ3) is 4.43. The molecule has 0 saturated heterocycles. The van der Waals surface area contributed by atoms with Gasteiger partial charge in [-0.1, -0.05) is 23.7 Å². The molecule has 0 bridgehead atoms. The lowest BCUT2D eigenvalue weighted by atomic mass is 10.1. The zero-order chi connectivity index (χ0) is 24.5. The fraction of sp³-hybridized carbons (Fsp3) is 0.115. The zero-order valence-electron chi connectivity index (χ0n) is 19.0. The van der Waals surface area contributed by atoms with Crippen molar-refractivity contribution in [2.24, 2.45) is 4.99 Å². The molecule has 2 aliphatic rings. The number of fused-ring (bicyclic) bond motifs is 2. The SMILES string of the molecule is CC(C)/N=c1\cc2n(-c3ccc(Cl)cc3)c3ccccc3nc-2cc1Nc1ncccc1[N+](=O)[O-]. The summed E-state index contributed by atoms with van der Waals surface area (Å²) in [7, 11) is 0. The summed E-state index contributed by atoms with van der Waals surface area (Å²) in [5.41, 5.74) is 4.66. The minimum atomic E-state index is -0.462. The molecule has 0 amide bonds. The van der Waals surface area contributed by atoms with Crippen molar-refractivity contribution >= 4 is 39.8 Å². The number of hydrogen-bond acceptors (Lipinski definition) is 6. The van der Waals surface area contributed by atoms with Gasteiger partial charge in [0.05, 0.1) is 38.4 Å². The second-order valence-corrected chi connectivity index (χ2v) is 8.68. The number of anilines is 2. The van der Waals surface area contributed by atoms with Crippen molar-refractivity contribution < 1.29 is 4.92 Å². The van der Waals surface area contributed by atoms with Crippen molar-refractivity contribution in [1.82, 2.24) is 14.5 Å². The highest BCUT2D eigenvalue weighted by Gasteiger charge is 2.19. The molecule has 1 N–H and O–H groups in total. The van der Waals surface area contributed by atoms with Gasteiger partial charge in [-0.05, 0) is 68.4 Å². The van der Waals surface area contributed by atoms with Crippen LogP contribution >= 0.6 is 11.6 Å². The van der Waals surface area contributed by atoms with Crippen LogP contribution < -0.4 is 10.7 Å². The van der Waals surface area contributed by atoms with E-state index in [2.05, 4.69) is 14.9 Å². The van der Waals surface area contributed by atoms with Gasteiger partial charge in [0.15, 0.2) is 0 Å². The van der Waals surface area contributed by atoms with E-state index in [0.717, 1.165) is 22.4 Å².